The van der Waals surface area contributed by atoms with E-state index in [2.05, 4.69) is 0 Å². The van der Waals surface area contributed by atoms with E-state index in [9.17, 15) is 9.59 Å². The molecule has 1 aromatic carbocycles. The minimum absolute atomic E-state index is 0.0123. The summed E-state index contributed by atoms with van der Waals surface area (Å²) in [5, 5.41) is 0. The van der Waals surface area contributed by atoms with Crippen LogP contribution < -0.4 is 14.2 Å². The Morgan fingerprint density at radius 2 is 1.95 bits per heavy atom. The van der Waals surface area contributed by atoms with E-state index in [1.807, 2.05) is 13.8 Å². The van der Waals surface area contributed by atoms with Crippen LogP contribution in [0.2, 0.25) is 0 Å². The van der Waals surface area contributed by atoms with E-state index in [1.54, 1.807) is 30.9 Å². The Morgan fingerprint density at radius 1 is 1.16 bits per heavy atom. The Bertz CT molecular complexity index is 1090. The van der Waals surface area contributed by atoms with E-state index >= 15 is 0 Å². The first kappa shape index (κ1) is 26.0. The van der Waals surface area contributed by atoms with Gasteiger partial charge in [0.15, 0.2) is 35.5 Å². The van der Waals surface area contributed by atoms with Crippen molar-refractivity contribution in [3.8, 4) is 17.2 Å². The highest BCUT2D eigenvalue weighted by atomic mass is 16.8. The van der Waals surface area contributed by atoms with Gasteiger partial charge in [0.1, 0.15) is 12.2 Å². The molecule has 37 heavy (non-hydrogen) atoms. The number of benzene rings is 1. The summed E-state index contributed by atoms with van der Waals surface area (Å²) in [6, 6.07) is 1.67. The molecule has 0 aromatic heterocycles. The zero-order valence-electron chi connectivity index (χ0n) is 22.0. The van der Waals surface area contributed by atoms with Gasteiger partial charge in [-0.15, -0.1) is 0 Å². The number of ether oxygens (including phenoxy) is 7. The molecule has 202 valence electrons. The third-order valence-corrected chi connectivity index (χ3v) is 7.13. The number of Topliss-reactive ketones (excluding diaryl/α,β-unsaturated/α-hetero) is 1. The Morgan fingerprint density at radius 3 is 2.62 bits per heavy atom. The lowest BCUT2D eigenvalue weighted by Gasteiger charge is -2.34. The molecular formula is C27H35NO9. The molecule has 10 heteroatoms. The highest BCUT2D eigenvalue weighted by molar-refractivity contribution is 6.26. The van der Waals surface area contributed by atoms with Gasteiger partial charge in [-0.3, -0.25) is 9.59 Å². The number of nitrogens with zero attached hydrogens (tertiary/aromatic N) is 1. The first-order valence-corrected chi connectivity index (χ1v) is 13.0. The predicted molar refractivity (Wildman–Crippen MR) is 132 cm³/mol. The Labute approximate surface area is 216 Å². The van der Waals surface area contributed by atoms with Gasteiger partial charge in [0.25, 0.3) is 5.91 Å². The molecule has 1 aliphatic carbocycles. The molecule has 0 radical (unpaired) electrons. The van der Waals surface area contributed by atoms with Crippen molar-refractivity contribution >= 4 is 17.3 Å². The number of carbonyl (C=O) groups is 2. The normalized spacial score (nSPS) is 28.0. The fourth-order valence-corrected chi connectivity index (χ4v) is 5.36. The quantitative estimate of drug-likeness (QED) is 0.539. The maximum Gasteiger partial charge on any atom is 0.258 e. The number of hydrogen-bond donors (Lipinski definition) is 0. The number of fused-ring (bicyclic) bond motifs is 2. The molecule has 1 aromatic rings. The van der Waals surface area contributed by atoms with E-state index in [0.29, 0.717) is 36.8 Å². The second kappa shape index (κ2) is 10.2. The molecule has 5 rings (SSSR count). The molecule has 0 bridgehead atoms. The van der Waals surface area contributed by atoms with Gasteiger partial charge in [0, 0.05) is 30.8 Å². The van der Waals surface area contributed by atoms with Gasteiger partial charge < -0.3 is 38.1 Å². The van der Waals surface area contributed by atoms with E-state index in [1.165, 1.54) is 7.11 Å². The summed E-state index contributed by atoms with van der Waals surface area (Å²) >= 11 is 0. The van der Waals surface area contributed by atoms with Gasteiger partial charge in [0.05, 0.1) is 12.7 Å². The molecule has 3 aliphatic heterocycles. The van der Waals surface area contributed by atoms with Crippen LogP contribution in [0.3, 0.4) is 0 Å². The number of carbonyl (C=O) groups excluding carboxylic acids is 2. The van der Waals surface area contributed by atoms with Crippen LogP contribution in [0.5, 0.6) is 17.2 Å². The lowest BCUT2D eigenvalue weighted by molar-refractivity contribution is -0.208. The summed E-state index contributed by atoms with van der Waals surface area (Å²) in [5.41, 5.74) is 0.905. The number of amides is 1. The summed E-state index contributed by atoms with van der Waals surface area (Å²) in [7, 11) is 1.47. The summed E-state index contributed by atoms with van der Waals surface area (Å²) in [6.07, 6.45) is 1.85. The van der Waals surface area contributed by atoms with Crippen LogP contribution in [0.25, 0.3) is 5.57 Å². The Balaban J connectivity index is 1.64. The molecular weight excluding hydrogens is 482 g/mol. The number of hydrogen-bond acceptors (Lipinski definition) is 9. The summed E-state index contributed by atoms with van der Waals surface area (Å²) in [4.78, 5) is 29.4. The van der Waals surface area contributed by atoms with Crippen molar-refractivity contribution in [3.05, 3.63) is 23.3 Å². The summed E-state index contributed by atoms with van der Waals surface area (Å²) in [6.45, 7) is 8.91. The van der Waals surface area contributed by atoms with Crippen molar-refractivity contribution in [1.82, 2.24) is 4.90 Å². The smallest absolute Gasteiger partial charge is 0.258 e. The van der Waals surface area contributed by atoms with Gasteiger partial charge in [-0.2, -0.15) is 0 Å². The van der Waals surface area contributed by atoms with Gasteiger partial charge in [-0.25, -0.2) is 0 Å². The second-order valence-corrected chi connectivity index (χ2v) is 9.91. The van der Waals surface area contributed by atoms with Gasteiger partial charge >= 0.3 is 0 Å². The van der Waals surface area contributed by atoms with Crippen LogP contribution in [0.15, 0.2) is 12.1 Å². The molecule has 2 fully saturated rings. The molecule has 3 heterocycles. The molecule has 1 amide bonds. The average Bonchev–Trinajstić information content (AvgIpc) is 3.49. The number of rotatable bonds is 7. The number of ketones is 1. The first-order chi connectivity index (χ1) is 17.8. The van der Waals surface area contributed by atoms with Crippen molar-refractivity contribution < 1.29 is 42.7 Å². The monoisotopic (exact) mass is 517 g/mol. The highest BCUT2D eigenvalue weighted by Crippen LogP contribution is 2.49. The lowest BCUT2D eigenvalue weighted by Crippen LogP contribution is -2.47. The molecule has 0 spiro atoms. The van der Waals surface area contributed by atoms with Crippen molar-refractivity contribution in [3.63, 3.8) is 0 Å². The lowest BCUT2D eigenvalue weighted by atomic mass is 9.84. The van der Waals surface area contributed by atoms with Gasteiger partial charge in [-0.05, 0) is 59.1 Å². The van der Waals surface area contributed by atoms with Gasteiger partial charge in [-0.1, -0.05) is 0 Å². The Kier molecular flexibility index (Phi) is 7.19. The predicted octanol–water partition coefficient (Wildman–Crippen LogP) is 3.30. The molecule has 2 saturated heterocycles. The zero-order valence-corrected chi connectivity index (χ0v) is 22.0. The first-order valence-electron chi connectivity index (χ1n) is 13.0. The van der Waals surface area contributed by atoms with Crippen molar-refractivity contribution in [2.45, 2.75) is 77.3 Å². The molecule has 4 atom stereocenters. The van der Waals surface area contributed by atoms with Crippen LogP contribution in [0.1, 0.15) is 62.9 Å². The third-order valence-electron chi connectivity index (χ3n) is 7.13. The maximum absolute atomic E-state index is 13.9. The largest absolute Gasteiger partial charge is 0.492 e. The van der Waals surface area contributed by atoms with Crippen LogP contribution in [-0.4, -0.2) is 80.6 Å². The Hall–Kier alpha value is -2.66. The van der Waals surface area contributed by atoms with Crippen molar-refractivity contribution in [1.29, 1.82) is 0 Å². The summed E-state index contributed by atoms with van der Waals surface area (Å²) < 4.78 is 41.3. The highest BCUT2D eigenvalue weighted by Gasteiger charge is 2.53. The SMILES string of the molecule is CCN(CC)C(=O)c1c(C2=C[C@H](OC3CCCCO3)[C@H]3OC(C)(C)O[C@H]3C2=O)cc2c(c1OC)OCO2. The third kappa shape index (κ3) is 4.71. The maximum atomic E-state index is 13.9. The molecule has 4 aliphatic rings. The minimum Gasteiger partial charge on any atom is -0.492 e. The van der Waals surface area contributed by atoms with E-state index in [4.69, 9.17) is 33.2 Å². The fraction of sp³-hybridized carbons (Fsp3) is 0.630. The fourth-order valence-electron chi connectivity index (χ4n) is 5.36. The molecule has 1 unspecified atom stereocenters. The van der Waals surface area contributed by atoms with E-state index in [0.717, 1.165) is 19.3 Å². The van der Waals surface area contributed by atoms with Crippen LogP contribution >= 0.6 is 0 Å². The van der Waals surface area contributed by atoms with Crippen LogP contribution in [-0.2, 0) is 23.7 Å². The second-order valence-electron chi connectivity index (χ2n) is 9.91. The van der Waals surface area contributed by atoms with E-state index < -0.39 is 30.4 Å². The number of methoxy groups -OCH3 is 1. The zero-order chi connectivity index (χ0) is 26.3. The van der Waals surface area contributed by atoms with Gasteiger partial charge in [0.2, 0.25) is 12.5 Å². The summed E-state index contributed by atoms with van der Waals surface area (Å²) in [5.74, 6) is -0.577. The average molecular weight is 518 g/mol. The van der Waals surface area contributed by atoms with Crippen LogP contribution in [0.4, 0.5) is 0 Å². The minimum atomic E-state index is -0.976. The standard InChI is InChI=1S/C27H35NO9/c1-6-28(7-2)26(30)20-15(12-17-22(24(20)31-5)34-14-33-17)16-13-18(35-19-10-8-9-11-32-19)23-25(21(16)29)37-27(3,4)36-23/h12-13,18-19,23,25H,6-11,14H2,1-5H3/t18-,19?,23+,25-/m0/s1. The molecule has 10 nitrogen and oxygen atoms in total. The topological polar surface area (TPSA) is 102 Å². The molecule has 0 N–H and O–H groups in total. The van der Waals surface area contributed by atoms with E-state index in [-0.39, 0.29) is 35.4 Å². The van der Waals surface area contributed by atoms with Crippen LogP contribution in [0, 0.1) is 0 Å². The van der Waals surface area contributed by atoms with Crippen molar-refractivity contribution in [2.75, 3.05) is 33.6 Å². The van der Waals surface area contributed by atoms with Crippen molar-refractivity contribution in [2.24, 2.45) is 0 Å². The molecule has 0 saturated carbocycles.